The van der Waals surface area contributed by atoms with E-state index in [2.05, 4.69) is 158 Å². The lowest BCUT2D eigenvalue weighted by Gasteiger charge is -2.36. The highest BCUT2D eigenvalue weighted by atomic mass is 32.2. The van der Waals surface area contributed by atoms with Gasteiger partial charge in [0.1, 0.15) is 11.5 Å². The van der Waals surface area contributed by atoms with Crippen molar-refractivity contribution in [1.82, 2.24) is 9.34 Å². The molecule has 2 heterocycles. The Labute approximate surface area is 306 Å². The summed E-state index contributed by atoms with van der Waals surface area (Å²) in [6.07, 6.45) is 0. The molecule has 0 aliphatic carbocycles. The van der Waals surface area contributed by atoms with Gasteiger partial charge in [0, 0.05) is 35.3 Å². The summed E-state index contributed by atoms with van der Waals surface area (Å²) in [5, 5.41) is 0. The molecule has 0 amide bonds. The second-order valence-corrected chi connectivity index (χ2v) is 23.6. The lowest BCUT2D eigenvalue weighted by atomic mass is 9.80. The molecule has 2 aromatic carbocycles. The van der Waals surface area contributed by atoms with E-state index in [9.17, 15) is 0 Å². The van der Waals surface area contributed by atoms with Gasteiger partial charge in [-0.2, -0.15) is 0 Å². The second kappa shape index (κ2) is 14.1. The zero-order valence-electron chi connectivity index (χ0n) is 34.0. The molecule has 2 unspecified atom stereocenters. The Morgan fingerprint density at radius 1 is 0.510 bits per heavy atom. The molecule has 9 heteroatoms. The Morgan fingerprint density at radius 3 is 1.10 bits per heavy atom. The summed E-state index contributed by atoms with van der Waals surface area (Å²) >= 11 is 1.77. The van der Waals surface area contributed by atoms with Crippen LogP contribution in [0.5, 0.6) is 11.5 Å². The van der Waals surface area contributed by atoms with Gasteiger partial charge in [0.25, 0.3) is 0 Å². The van der Waals surface area contributed by atoms with Crippen LogP contribution in [0.2, 0.25) is 0 Å². The first-order valence-electron chi connectivity index (χ1n) is 17.9. The highest BCUT2D eigenvalue weighted by molar-refractivity contribution is 7.99. The van der Waals surface area contributed by atoms with Crippen LogP contribution in [0.25, 0.3) is 0 Å². The molecule has 0 N–H and O–H groups in total. The molecule has 4 rings (SSSR count). The minimum atomic E-state index is -1.29. The molecule has 0 spiro atoms. The average molecular weight is 733 g/mol. The summed E-state index contributed by atoms with van der Waals surface area (Å²) < 4.78 is 31.8. The molecule has 2 aromatic rings. The fraction of sp³-hybridized carbons (Fsp3) is 0.700. The molecule has 0 bridgehead atoms. The fourth-order valence-electron chi connectivity index (χ4n) is 5.82. The Kier molecular flexibility index (Phi) is 11.8. The van der Waals surface area contributed by atoms with E-state index >= 15 is 0 Å². The van der Waals surface area contributed by atoms with E-state index in [-0.39, 0.29) is 32.7 Å². The van der Waals surface area contributed by atoms with Crippen LogP contribution in [0.15, 0.2) is 34.1 Å². The van der Waals surface area contributed by atoms with Crippen molar-refractivity contribution in [2.45, 2.75) is 167 Å². The van der Waals surface area contributed by atoms with E-state index in [1.165, 1.54) is 22.3 Å². The van der Waals surface area contributed by atoms with Crippen LogP contribution in [0, 0.1) is 0 Å². The Bertz CT molecular complexity index is 1380. The van der Waals surface area contributed by atoms with E-state index in [1.54, 1.807) is 11.8 Å². The lowest BCUT2D eigenvalue weighted by molar-refractivity contribution is 0.267. The lowest BCUT2D eigenvalue weighted by Crippen LogP contribution is -2.36. The summed E-state index contributed by atoms with van der Waals surface area (Å²) in [5.41, 5.74) is 4.37. The summed E-state index contributed by atoms with van der Waals surface area (Å²) in [4.78, 5) is 2.18. The van der Waals surface area contributed by atoms with E-state index in [0.717, 1.165) is 34.4 Å². The maximum Gasteiger partial charge on any atom is 0.321 e. The van der Waals surface area contributed by atoms with Crippen molar-refractivity contribution >= 4 is 28.8 Å². The van der Waals surface area contributed by atoms with Crippen molar-refractivity contribution in [2.75, 3.05) is 26.3 Å². The van der Waals surface area contributed by atoms with Crippen LogP contribution in [0.4, 0.5) is 0 Å². The molecule has 49 heavy (non-hydrogen) atoms. The van der Waals surface area contributed by atoms with Crippen molar-refractivity contribution < 1.29 is 18.1 Å². The van der Waals surface area contributed by atoms with Gasteiger partial charge in [-0.3, -0.25) is 0 Å². The van der Waals surface area contributed by atoms with Gasteiger partial charge in [-0.1, -0.05) is 107 Å². The van der Waals surface area contributed by atoms with Crippen LogP contribution >= 0.6 is 28.8 Å². The molecule has 2 aliphatic rings. The number of nitrogens with zero attached hydrogens (tertiary/aromatic N) is 2. The van der Waals surface area contributed by atoms with Crippen LogP contribution < -0.4 is 9.05 Å². The van der Waals surface area contributed by atoms with Gasteiger partial charge in [0.15, 0.2) is 0 Å². The molecule has 2 atom stereocenters. The fourth-order valence-corrected chi connectivity index (χ4v) is 10.3. The largest absolute Gasteiger partial charge is 0.434 e. The van der Waals surface area contributed by atoms with Crippen molar-refractivity contribution in [3.05, 3.63) is 46.5 Å². The van der Waals surface area contributed by atoms with E-state index < -0.39 is 17.1 Å². The zero-order valence-corrected chi connectivity index (χ0v) is 36.6. The van der Waals surface area contributed by atoms with Crippen molar-refractivity contribution in [3.8, 4) is 11.5 Å². The van der Waals surface area contributed by atoms with Crippen molar-refractivity contribution in [3.63, 3.8) is 0 Å². The number of benzene rings is 2. The van der Waals surface area contributed by atoms with E-state index in [0.29, 0.717) is 13.2 Å². The summed E-state index contributed by atoms with van der Waals surface area (Å²) in [7, 11) is -2.57. The molecule has 2 aliphatic heterocycles. The Morgan fingerprint density at radius 2 is 0.837 bits per heavy atom. The minimum absolute atomic E-state index is 0.0578. The first kappa shape index (κ1) is 40.9. The highest BCUT2D eigenvalue weighted by Crippen LogP contribution is 2.59. The molecular weight excluding hydrogens is 666 g/mol. The summed E-state index contributed by atoms with van der Waals surface area (Å²) in [6.45, 7) is 44.0. The van der Waals surface area contributed by atoms with Crippen LogP contribution in [0.1, 0.15) is 147 Å². The maximum absolute atomic E-state index is 7.15. The molecule has 0 saturated carbocycles. The SMILES string of the molecule is CC(C)(C)c1cc(Sc2cc(C(C)(C)C)cc(C(C)(C)C)c2OP2OCCN2C(C)(C)C)c(OP2OCCN2C(C)(C)C)c(C(C)(C)C)c1. The normalized spacial score (nSPS) is 20.7. The molecular formula is C40H66N2O4P2S. The Hall–Kier alpha value is -0.910. The minimum Gasteiger partial charge on any atom is -0.434 e. The Balaban J connectivity index is 2.01. The van der Waals surface area contributed by atoms with Gasteiger partial charge in [-0.25, -0.2) is 9.34 Å². The first-order valence-corrected chi connectivity index (χ1v) is 21.0. The van der Waals surface area contributed by atoms with Gasteiger partial charge in [0.05, 0.1) is 23.0 Å². The number of rotatable bonds is 6. The van der Waals surface area contributed by atoms with E-state index in [1.807, 2.05) is 0 Å². The molecule has 0 radical (unpaired) electrons. The van der Waals surface area contributed by atoms with Gasteiger partial charge in [0.2, 0.25) is 0 Å². The topological polar surface area (TPSA) is 43.4 Å². The quantitative estimate of drug-likeness (QED) is 0.274. The van der Waals surface area contributed by atoms with Gasteiger partial charge in [-0.05, 0) is 86.5 Å². The van der Waals surface area contributed by atoms with Gasteiger partial charge in [-0.15, -0.1) is 0 Å². The first-order chi connectivity index (χ1) is 22.1. The van der Waals surface area contributed by atoms with E-state index in [4.69, 9.17) is 18.1 Å². The third-order valence-corrected chi connectivity index (χ3v) is 13.9. The van der Waals surface area contributed by atoms with Crippen LogP contribution in [0.3, 0.4) is 0 Å². The smallest absolute Gasteiger partial charge is 0.321 e. The predicted molar refractivity (Wildman–Crippen MR) is 212 cm³/mol. The standard InChI is InChI=1S/C40H66N2O4P2S/c1-35(2,3)27-23-29(37(7,8)9)33(45-47-41(19-21-43-47)39(13,14)15)31(25-27)49-32-26-28(36(4,5)6)24-30(38(10,11)12)34(32)46-48-42(20-22-44-48)40(16,17)18/h23-26H,19-22H2,1-18H3. The van der Waals surface area contributed by atoms with Gasteiger partial charge < -0.3 is 18.1 Å². The highest BCUT2D eigenvalue weighted by Gasteiger charge is 2.41. The third-order valence-electron chi connectivity index (χ3n) is 8.97. The van der Waals surface area contributed by atoms with Crippen molar-refractivity contribution in [2.24, 2.45) is 0 Å². The number of hydrogen-bond donors (Lipinski definition) is 0. The van der Waals surface area contributed by atoms with Crippen molar-refractivity contribution in [1.29, 1.82) is 0 Å². The molecule has 6 nitrogen and oxygen atoms in total. The average Bonchev–Trinajstić information content (AvgIpc) is 3.57. The second-order valence-electron chi connectivity index (χ2n) is 19.7. The number of hydrogen-bond acceptors (Lipinski definition) is 7. The van der Waals surface area contributed by atoms with Crippen LogP contribution in [-0.2, 0) is 30.7 Å². The molecule has 2 saturated heterocycles. The third kappa shape index (κ3) is 9.75. The monoisotopic (exact) mass is 732 g/mol. The molecule has 276 valence electrons. The molecule has 0 aromatic heterocycles. The maximum atomic E-state index is 7.15. The molecule has 2 fully saturated rings. The van der Waals surface area contributed by atoms with Gasteiger partial charge >= 0.3 is 17.1 Å². The zero-order chi connectivity index (χ0) is 37.1. The predicted octanol–water partition coefficient (Wildman–Crippen LogP) is 12.5. The summed E-state index contributed by atoms with van der Waals surface area (Å²) in [6, 6.07) is 9.44. The summed E-state index contributed by atoms with van der Waals surface area (Å²) in [5.74, 6) is 1.83. The van der Waals surface area contributed by atoms with Crippen LogP contribution in [-0.4, -0.2) is 46.7 Å².